The number of urea groups is 1. The van der Waals surface area contributed by atoms with Crippen molar-refractivity contribution in [3.63, 3.8) is 0 Å². The molecule has 1 fully saturated rings. The van der Waals surface area contributed by atoms with Gasteiger partial charge in [-0.3, -0.25) is 0 Å². The Bertz CT molecular complexity index is 465. The lowest BCUT2D eigenvalue weighted by Gasteiger charge is -2.34. The molecule has 1 aliphatic heterocycles. The minimum Gasteiger partial charge on any atom is -0.394 e. The van der Waals surface area contributed by atoms with Gasteiger partial charge in [0.05, 0.1) is 18.3 Å². The van der Waals surface area contributed by atoms with Crippen molar-refractivity contribution in [1.29, 1.82) is 0 Å². The van der Waals surface area contributed by atoms with Crippen LogP contribution < -0.4 is 5.32 Å². The fourth-order valence-electron chi connectivity index (χ4n) is 2.38. The summed E-state index contributed by atoms with van der Waals surface area (Å²) in [5, 5.41) is 11.9. The SMILES string of the molecule is Cc1ccc(F)c(NC(=O)N2CCCC[C@@H]2CO)c1. The van der Waals surface area contributed by atoms with Crippen LogP contribution in [0.5, 0.6) is 0 Å². The summed E-state index contributed by atoms with van der Waals surface area (Å²) in [5.74, 6) is -0.448. The van der Waals surface area contributed by atoms with Gasteiger partial charge in [-0.1, -0.05) is 6.07 Å². The molecule has 1 aliphatic rings. The van der Waals surface area contributed by atoms with Gasteiger partial charge in [0.2, 0.25) is 0 Å². The number of likely N-dealkylation sites (tertiary alicyclic amines) is 1. The monoisotopic (exact) mass is 266 g/mol. The number of halogens is 1. The number of rotatable bonds is 2. The number of nitrogens with one attached hydrogen (secondary N) is 1. The average molecular weight is 266 g/mol. The molecule has 0 unspecified atom stereocenters. The molecule has 5 heteroatoms. The van der Waals surface area contributed by atoms with Crippen LogP contribution in [0.1, 0.15) is 24.8 Å². The maximum atomic E-state index is 13.6. The number of piperidine rings is 1. The standard InChI is InChI=1S/C14H19FN2O2/c1-10-5-6-12(15)13(8-10)16-14(19)17-7-3-2-4-11(17)9-18/h5-6,8,11,18H,2-4,7,9H2,1H3,(H,16,19)/t11-/m1/s1. The largest absolute Gasteiger partial charge is 0.394 e. The maximum absolute atomic E-state index is 13.6. The van der Waals surface area contributed by atoms with Crippen molar-refractivity contribution in [2.75, 3.05) is 18.5 Å². The van der Waals surface area contributed by atoms with Crippen molar-refractivity contribution in [2.45, 2.75) is 32.2 Å². The molecular weight excluding hydrogens is 247 g/mol. The first-order valence-corrected chi connectivity index (χ1v) is 6.56. The third-order valence-electron chi connectivity index (χ3n) is 3.46. The van der Waals surface area contributed by atoms with E-state index in [4.69, 9.17) is 0 Å². The second kappa shape index (κ2) is 6.02. The smallest absolute Gasteiger partial charge is 0.322 e. The lowest BCUT2D eigenvalue weighted by atomic mass is 10.0. The van der Waals surface area contributed by atoms with Crippen molar-refractivity contribution < 1.29 is 14.3 Å². The minimum absolute atomic E-state index is 0.0519. The van der Waals surface area contributed by atoms with E-state index in [1.165, 1.54) is 6.07 Å². The topological polar surface area (TPSA) is 52.6 Å². The molecule has 1 aromatic rings. The number of hydrogen-bond acceptors (Lipinski definition) is 2. The Labute approximate surface area is 112 Å². The van der Waals surface area contributed by atoms with Gasteiger partial charge in [-0.15, -0.1) is 0 Å². The van der Waals surface area contributed by atoms with Gasteiger partial charge in [0.25, 0.3) is 0 Å². The second-order valence-electron chi connectivity index (χ2n) is 4.94. The van der Waals surface area contributed by atoms with E-state index < -0.39 is 5.82 Å². The number of carbonyl (C=O) groups excluding carboxylic acids is 1. The summed E-state index contributed by atoms with van der Waals surface area (Å²) in [6, 6.07) is 4.09. The van der Waals surface area contributed by atoms with E-state index in [1.807, 2.05) is 6.92 Å². The second-order valence-corrected chi connectivity index (χ2v) is 4.94. The van der Waals surface area contributed by atoms with Gasteiger partial charge >= 0.3 is 6.03 Å². The first kappa shape index (κ1) is 13.8. The summed E-state index contributed by atoms with van der Waals surface area (Å²) in [6.07, 6.45) is 2.72. The van der Waals surface area contributed by atoms with Crippen LogP contribution in [0.3, 0.4) is 0 Å². The van der Waals surface area contributed by atoms with E-state index in [0.717, 1.165) is 24.8 Å². The number of aryl methyl sites for hydroxylation is 1. The summed E-state index contributed by atoms with van der Waals surface area (Å²) in [4.78, 5) is 13.7. The van der Waals surface area contributed by atoms with Crippen LogP contribution in [-0.4, -0.2) is 35.2 Å². The van der Waals surface area contributed by atoms with Crippen molar-refractivity contribution >= 4 is 11.7 Å². The van der Waals surface area contributed by atoms with E-state index in [1.54, 1.807) is 17.0 Å². The van der Waals surface area contributed by atoms with Crippen LogP contribution in [0.15, 0.2) is 18.2 Å². The fourth-order valence-corrected chi connectivity index (χ4v) is 2.38. The highest BCUT2D eigenvalue weighted by atomic mass is 19.1. The summed E-state index contributed by atoms with van der Waals surface area (Å²) in [7, 11) is 0. The summed E-state index contributed by atoms with van der Waals surface area (Å²) in [5.41, 5.74) is 1.07. The first-order valence-electron chi connectivity index (χ1n) is 6.56. The molecule has 1 atom stereocenters. The molecule has 0 bridgehead atoms. The van der Waals surface area contributed by atoms with Gasteiger partial charge in [0.15, 0.2) is 0 Å². The van der Waals surface area contributed by atoms with Crippen molar-refractivity contribution in [1.82, 2.24) is 4.90 Å². The molecule has 2 rings (SSSR count). The van der Waals surface area contributed by atoms with Crippen LogP contribution in [0, 0.1) is 12.7 Å². The average Bonchev–Trinajstić information content (AvgIpc) is 2.42. The van der Waals surface area contributed by atoms with E-state index >= 15 is 0 Å². The fraction of sp³-hybridized carbons (Fsp3) is 0.500. The molecule has 0 spiro atoms. The Kier molecular flexibility index (Phi) is 4.37. The van der Waals surface area contributed by atoms with Gasteiger partial charge in [0, 0.05) is 6.54 Å². The highest BCUT2D eigenvalue weighted by Crippen LogP contribution is 2.20. The third-order valence-corrected chi connectivity index (χ3v) is 3.46. The molecule has 0 aliphatic carbocycles. The Hall–Kier alpha value is -1.62. The normalized spacial score (nSPS) is 19.3. The Morgan fingerprint density at radius 3 is 3.05 bits per heavy atom. The number of benzene rings is 1. The van der Waals surface area contributed by atoms with E-state index in [2.05, 4.69) is 5.32 Å². The summed E-state index contributed by atoms with van der Waals surface area (Å²) < 4.78 is 13.6. The number of carbonyl (C=O) groups is 1. The van der Waals surface area contributed by atoms with Crippen LogP contribution in [0.2, 0.25) is 0 Å². The molecule has 4 nitrogen and oxygen atoms in total. The van der Waals surface area contributed by atoms with Crippen LogP contribution in [0.4, 0.5) is 14.9 Å². The quantitative estimate of drug-likeness (QED) is 0.864. The molecule has 1 aromatic carbocycles. The van der Waals surface area contributed by atoms with E-state index in [9.17, 15) is 14.3 Å². The number of nitrogens with zero attached hydrogens (tertiary/aromatic N) is 1. The van der Waals surface area contributed by atoms with Gasteiger partial charge in [0.1, 0.15) is 5.82 Å². The minimum atomic E-state index is -0.448. The number of anilines is 1. The molecule has 104 valence electrons. The molecule has 19 heavy (non-hydrogen) atoms. The molecule has 0 radical (unpaired) electrons. The zero-order valence-corrected chi connectivity index (χ0v) is 11.0. The van der Waals surface area contributed by atoms with E-state index in [-0.39, 0.29) is 24.4 Å². The van der Waals surface area contributed by atoms with E-state index in [0.29, 0.717) is 6.54 Å². The Morgan fingerprint density at radius 1 is 1.53 bits per heavy atom. The van der Waals surface area contributed by atoms with Crippen LogP contribution in [-0.2, 0) is 0 Å². The lowest BCUT2D eigenvalue weighted by Crippen LogP contribution is -2.47. The van der Waals surface area contributed by atoms with Gasteiger partial charge in [-0.05, 0) is 43.9 Å². The molecule has 2 amide bonds. The molecule has 1 heterocycles. The highest BCUT2D eigenvalue weighted by Gasteiger charge is 2.26. The Balaban J connectivity index is 2.09. The number of hydrogen-bond donors (Lipinski definition) is 2. The van der Waals surface area contributed by atoms with Crippen LogP contribution >= 0.6 is 0 Å². The number of amides is 2. The van der Waals surface area contributed by atoms with Crippen molar-refractivity contribution in [3.8, 4) is 0 Å². The predicted octanol–water partition coefficient (Wildman–Crippen LogP) is 2.51. The summed E-state index contributed by atoms with van der Waals surface area (Å²) >= 11 is 0. The Morgan fingerprint density at radius 2 is 2.32 bits per heavy atom. The zero-order chi connectivity index (χ0) is 13.8. The molecule has 0 saturated carbocycles. The maximum Gasteiger partial charge on any atom is 0.322 e. The van der Waals surface area contributed by atoms with Crippen LogP contribution in [0.25, 0.3) is 0 Å². The number of aliphatic hydroxyl groups excluding tert-OH is 1. The van der Waals surface area contributed by atoms with Gasteiger partial charge in [-0.2, -0.15) is 0 Å². The van der Waals surface area contributed by atoms with Gasteiger partial charge in [-0.25, -0.2) is 9.18 Å². The molecule has 1 saturated heterocycles. The summed E-state index contributed by atoms with van der Waals surface area (Å²) in [6.45, 7) is 2.39. The third kappa shape index (κ3) is 3.23. The zero-order valence-electron chi connectivity index (χ0n) is 11.0. The predicted molar refractivity (Wildman–Crippen MR) is 71.6 cm³/mol. The van der Waals surface area contributed by atoms with Crippen molar-refractivity contribution in [2.24, 2.45) is 0 Å². The van der Waals surface area contributed by atoms with Gasteiger partial charge < -0.3 is 15.3 Å². The molecular formula is C14H19FN2O2. The molecule has 0 aromatic heterocycles. The van der Waals surface area contributed by atoms with Crippen molar-refractivity contribution in [3.05, 3.63) is 29.6 Å². The highest BCUT2D eigenvalue weighted by molar-refractivity contribution is 5.89. The first-order chi connectivity index (χ1) is 9.11. The number of aliphatic hydroxyl groups is 1. The lowest BCUT2D eigenvalue weighted by molar-refractivity contribution is 0.115. The molecule has 2 N–H and O–H groups in total.